The molecule has 27 heavy (non-hydrogen) atoms. The first-order valence-electron chi connectivity index (χ1n) is 8.66. The predicted molar refractivity (Wildman–Crippen MR) is 111 cm³/mol. The highest BCUT2D eigenvalue weighted by molar-refractivity contribution is 7.17. The number of carbonyl (C=O) groups excluding carboxylic acids is 2. The number of hydrogen-bond donors (Lipinski definition) is 1. The lowest BCUT2D eigenvalue weighted by Crippen LogP contribution is -2.12. The van der Waals surface area contributed by atoms with Gasteiger partial charge in [-0.2, -0.15) is 0 Å². The van der Waals surface area contributed by atoms with E-state index in [0.717, 1.165) is 42.5 Å². The van der Waals surface area contributed by atoms with Gasteiger partial charge in [-0.15, -0.1) is 11.3 Å². The average molecular weight is 424 g/mol. The van der Waals surface area contributed by atoms with E-state index in [-0.39, 0.29) is 5.91 Å². The summed E-state index contributed by atoms with van der Waals surface area (Å²) >= 11 is 13.5. The number of ether oxygens (including phenoxy) is 1. The lowest BCUT2D eigenvalue weighted by Gasteiger charge is -2.06. The van der Waals surface area contributed by atoms with E-state index in [0.29, 0.717) is 26.2 Å². The molecule has 0 atom stereocenters. The Bertz CT molecular complexity index is 905. The van der Waals surface area contributed by atoms with E-state index in [4.69, 9.17) is 27.9 Å². The second-order valence-corrected chi connectivity index (χ2v) is 8.20. The van der Waals surface area contributed by atoms with Crippen LogP contribution < -0.4 is 5.32 Å². The van der Waals surface area contributed by atoms with Gasteiger partial charge in [0.2, 0.25) is 5.91 Å². The van der Waals surface area contributed by atoms with Gasteiger partial charge in [0.25, 0.3) is 0 Å². The first kappa shape index (κ1) is 19.9. The van der Waals surface area contributed by atoms with Gasteiger partial charge in [-0.1, -0.05) is 35.7 Å². The summed E-state index contributed by atoms with van der Waals surface area (Å²) in [4.78, 5) is 25.9. The molecule has 3 rings (SSSR count). The Morgan fingerprint density at radius 1 is 1.19 bits per heavy atom. The molecule has 0 saturated heterocycles. The summed E-state index contributed by atoms with van der Waals surface area (Å²) in [5.74, 6) is -0.739. The van der Waals surface area contributed by atoms with Crippen LogP contribution in [0, 0.1) is 0 Å². The van der Waals surface area contributed by atoms with Crippen LogP contribution in [0.5, 0.6) is 0 Å². The van der Waals surface area contributed by atoms with Crippen LogP contribution in [-0.4, -0.2) is 19.0 Å². The largest absolute Gasteiger partial charge is 0.465 e. The highest BCUT2D eigenvalue weighted by Gasteiger charge is 2.25. The van der Waals surface area contributed by atoms with E-state index in [1.54, 1.807) is 24.3 Å². The fourth-order valence-electron chi connectivity index (χ4n) is 3.10. The summed E-state index contributed by atoms with van der Waals surface area (Å²) in [6.07, 6.45) is 8.05. The molecule has 0 radical (unpaired) electrons. The molecule has 0 saturated carbocycles. The topological polar surface area (TPSA) is 55.4 Å². The van der Waals surface area contributed by atoms with E-state index < -0.39 is 5.97 Å². The number of amides is 1. The van der Waals surface area contributed by atoms with Gasteiger partial charge in [0.15, 0.2) is 0 Å². The highest BCUT2D eigenvalue weighted by atomic mass is 35.5. The van der Waals surface area contributed by atoms with Crippen LogP contribution >= 0.6 is 34.5 Å². The van der Waals surface area contributed by atoms with Crippen LogP contribution in [0.15, 0.2) is 24.3 Å². The molecule has 4 nitrogen and oxygen atoms in total. The van der Waals surface area contributed by atoms with Gasteiger partial charge >= 0.3 is 5.97 Å². The van der Waals surface area contributed by atoms with Crippen LogP contribution in [0.1, 0.15) is 45.6 Å². The van der Waals surface area contributed by atoms with Crippen molar-refractivity contribution < 1.29 is 14.3 Å². The van der Waals surface area contributed by atoms with Crippen molar-refractivity contribution >= 4 is 57.5 Å². The van der Waals surface area contributed by atoms with E-state index >= 15 is 0 Å². The minimum atomic E-state index is -0.408. The number of fused-ring (bicyclic) bond motifs is 1. The van der Waals surface area contributed by atoms with Crippen molar-refractivity contribution in [1.82, 2.24) is 0 Å². The molecule has 0 bridgehead atoms. The molecular weight excluding hydrogens is 405 g/mol. The number of halogens is 2. The van der Waals surface area contributed by atoms with Crippen molar-refractivity contribution in [3.63, 3.8) is 0 Å². The summed E-state index contributed by atoms with van der Waals surface area (Å²) in [5.41, 5.74) is 2.20. The van der Waals surface area contributed by atoms with E-state index in [2.05, 4.69) is 5.32 Å². The summed E-state index contributed by atoms with van der Waals surface area (Å²) < 4.78 is 4.95. The van der Waals surface area contributed by atoms with E-state index in [1.165, 1.54) is 24.5 Å². The Morgan fingerprint density at radius 2 is 1.96 bits per heavy atom. The third-order valence-corrected chi connectivity index (χ3v) is 6.19. The number of hydrogen-bond acceptors (Lipinski definition) is 4. The Hall–Kier alpha value is -1.82. The van der Waals surface area contributed by atoms with E-state index in [9.17, 15) is 9.59 Å². The van der Waals surface area contributed by atoms with Crippen molar-refractivity contribution in [2.75, 3.05) is 12.4 Å². The van der Waals surface area contributed by atoms with Gasteiger partial charge in [0.1, 0.15) is 5.00 Å². The Balaban J connectivity index is 1.83. The van der Waals surface area contributed by atoms with E-state index in [1.807, 2.05) is 0 Å². The van der Waals surface area contributed by atoms with Gasteiger partial charge in [0, 0.05) is 21.0 Å². The lowest BCUT2D eigenvalue weighted by molar-refractivity contribution is -0.111. The molecule has 0 spiro atoms. The molecular formula is C20H19Cl2NO3S. The molecule has 0 fully saturated rings. The zero-order valence-electron chi connectivity index (χ0n) is 14.8. The fourth-order valence-corrected chi connectivity index (χ4v) is 4.86. The summed E-state index contributed by atoms with van der Waals surface area (Å²) in [7, 11) is 1.36. The molecule has 1 amide bonds. The number of esters is 1. The Labute approximate surface area is 172 Å². The first-order valence-corrected chi connectivity index (χ1v) is 10.2. The third kappa shape index (κ3) is 4.72. The Kier molecular flexibility index (Phi) is 6.58. The summed E-state index contributed by atoms with van der Waals surface area (Å²) in [5, 5.41) is 4.37. The molecule has 142 valence electrons. The first-order chi connectivity index (χ1) is 13.0. The number of thiophene rings is 1. The number of benzene rings is 1. The monoisotopic (exact) mass is 423 g/mol. The number of anilines is 1. The zero-order chi connectivity index (χ0) is 19.4. The average Bonchev–Trinajstić information content (AvgIpc) is 2.81. The van der Waals surface area contributed by atoms with Crippen LogP contribution in [0.3, 0.4) is 0 Å². The molecule has 1 aromatic carbocycles. The SMILES string of the molecule is COC(=O)c1c(NC(=O)C=Cc2ccc(Cl)cc2Cl)sc2c1CCCCC2. The minimum absolute atomic E-state index is 0.331. The molecule has 1 aromatic heterocycles. The molecule has 1 aliphatic carbocycles. The van der Waals surface area contributed by atoms with Crippen LogP contribution in [0.2, 0.25) is 10.0 Å². The number of aryl methyl sites for hydroxylation is 1. The standard InChI is InChI=1S/C20H19Cl2NO3S/c1-26-20(25)18-14-5-3-2-4-6-16(14)27-19(18)23-17(24)10-8-12-7-9-13(21)11-15(12)22/h7-11H,2-6H2,1H3,(H,23,24). The molecule has 1 aliphatic rings. The summed E-state index contributed by atoms with van der Waals surface area (Å²) in [6.45, 7) is 0. The minimum Gasteiger partial charge on any atom is -0.465 e. The van der Waals surface area contributed by atoms with Crippen LogP contribution in [0.25, 0.3) is 6.08 Å². The van der Waals surface area contributed by atoms with Crippen molar-refractivity contribution in [2.24, 2.45) is 0 Å². The fraction of sp³-hybridized carbons (Fsp3) is 0.300. The van der Waals surface area contributed by atoms with Crippen molar-refractivity contribution in [2.45, 2.75) is 32.1 Å². The maximum absolute atomic E-state index is 12.4. The van der Waals surface area contributed by atoms with Gasteiger partial charge < -0.3 is 10.1 Å². The Morgan fingerprint density at radius 3 is 2.70 bits per heavy atom. The second kappa shape index (κ2) is 8.91. The zero-order valence-corrected chi connectivity index (χ0v) is 17.1. The number of nitrogens with one attached hydrogen (secondary N) is 1. The smallest absolute Gasteiger partial charge is 0.341 e. The lowest BCUT2D eigenvalue weighted by atomic mass is 10.1. The van der Waals surface area contributed by atoms with Crippen LogP contribution in [0.4, 0.5) is 5.00 Å². The molecule has 1 heterocycles. The molecule has 2 aromatic rings. The maximum atomic E-state index is 12.4. The van der Waals surface area contributed by atoms with Crippen molar-refractivity contribution in [3.05, 3.63) is 55.9 Å². The molecule has 0 unspecified atom stereocenters. The van der Waals surface area contributed by atoms with Crippen LogP contribution in [-0.2, 0) is 22.4 Å². The summed E-state index contributed by atoms with van der Waals surface area (Å²) in [6, 6.07) is 5.06. The second-order valence-electron chi connectivity index (χ2n) is 6.25. The van der Waals surface area contributed by atoms with Gasteiger partial charge in [-0.3, -0.25) is 4.79 Å². The van der Waals surface area contributed by atoms with Gasteiger partial charge in [-0.25, -0.2) is 4.79 Å². The maximum Gasteiger partial charge on any atom is 0.341 e. The number of carbonyl (C=O) groups is 2. The highest BCUT2D eigenvalue weighted by Crippen LogP contribution is 2.38. The molecule has 1 N–H and O–H groups in total. The van der Waals surface area contributed by atoms with Gasteiger partial charge in [-0.05, 0) is 55.0 Å². The molecule has 0 aliphatic heterocycles. The predicted octanol–water partition coefficient (Wildman–Crippen LogP) is 5.76. The normalized spacial score (nSPS) is 13.9. The van der Waals surface area contributed by atoms with Crippen molar-refractivity contribution in [3.8, 4) is 0 Å². The molecule has 7 heteroatoms. The quantitative estimate of drug-likeness (QED) is 0.386. The van der Waals surface area contributed by atoms with Crippen molar-refractivity contribution in [1.29, 1.82) is 0 Å². The van der Waals surface area contributed by atoms with Gasteiger partial charge in [0.05, 0.1) is 12.7 Å². The third-order valence-electron chi connectivity index (χ3n) is 4.42. The number of methoxy groups -OCH3 is 1. The number of rotatable bonds is 4.